The number of non-ortho nitro benzene ring substituents is 1. The first-order valence-electron chi connectivity index (χ1n) is 9.37. The fraction of sp³-hybridized carbons (Fsp3) is 0.182. The van der Waals surface area contributed by atoms with E-state index in [-0.39, 0.29) is 23.7 Å². The number of carbonyl (C=O) groups is 1. The number of para-hydroxylation sites is 1. The van der Waals surface area contributed by atoms with Crippen molar-refractivity contribution < 1.29 is 9.72 Å². The van der Waals surface area contributed by atoms with Crippen LogP contribution < -0.4 is 10.5 Å². The molecule has 1 amide bonds. The van der Waals surface area contributed by atoms with Gasteiger partial charge >= 0.3 is 0 Å². The van der Waals surface area contributed by atoms with E-state index in [2.05, 4.69) is 0 Å². The highest BCUT2D eigenvalue weighted by Crippen LogP contribution is 2.27. The molecule has 7 nitrogen and oxygen atoms in total. The average molecular weight is 389 g/mol. The third-order valence-corrected chi connectivity index (χ3v) is 5.08. The Bertz CT molecular complexity index is 1150. The van der Waals surface area contributed by atoms with Gasteiger partial charge in [-0.1, -0.05) is 30.3 Å². The summed E-state index contributed by atoms with van der Waals surface area (Å²) in [5.74, 6) is -0.324. The van der Waals surface area contributed by atoms with Crippen LogP contribution in [0.1, 0.15) is 27.9 Å². The second-order valence-corrected chi connectivity index (χ2v) is 6.97. The molecule has 1 aliphatic rings. The number of benzene rings is 2. The number of hydrogen-bond donors (Lipinski definition) is 0. The van der Waals surface area contributed by atoms with Gasteiger partial charge in [0.15, 0.2) is 0 Å². The summed E-state index contributed by atoms with van der Waals surface area (Å²) >= 11 is 0. The SMILES string of the molecule is O=C(c1cccn(Cc2cccc([N+](=O)[O-])c2)c1=O)N1CCCc2ccccc21. The molecule has 3 aromatic rings. The van der Waals surface area contributed by atoms with Crippen LogP contribution in [-0.2, 0) is 13.0 Å². The van der Waals surface area contributed by atoms with E-state index in [1.165, 1.54) is 22.8 Å². The Labute approximate surface area is 167 Å². The Morgan fingerprint density at radius 2 is 1.90 bits per heavy atom. The summed E-state index contributed by atoms with van der Waals surface area (Å²) in [6, 6.07) is 17.1. The summed E-state index contributed by atoms with van der Waals surface area (Å²) in [6.07, 6.45) is 3.34. The van der Waals surface area contributed by atoms with Crippen LogP contribution in [0.5, 0.6) is 0 Å². The van der Waals surface area contributed by atoms with E-state index in [1.807, 2.05) is 24.3 Å². The highest BCUT2D eigenvalue weighted by molar-refractivity contribution is 6.06. The van der Waals surface area contributed by atoms with Crippen LogP contribution in [0.3, 0.4) is 0 Å². The molecule has 146 valence electrons. The van der Waals surface area contributed by atoms with Crippen LogP contribution in [0.15, 0.2) is 71.7 Å². The largest absolute Gasteiger partial charge is 0.310 e. The number of hydrogen-bond acceptors (Lipinski definition) is 4. The first-order chi connectivity index (χ1) is 14.0. The van der Waals surface area contributed by atoms with Gasteiger partial charge in [-0.2, -0.15) is 0 Å². The molecule has 0 radical (unpaired) electrons. The van der Waals surface area contributed by atoms with Crippen molar-refractivity contribution in [3.05, 3.63) is 104 Å². The van der Waals surface area contributed by atoms with Gasteiger partial charge in [-0.25, -0.2) is 0 Å². The number of nitro groups is 1. The number of pyridine rings is 1. The minimum atomic E-state index is -0.472. The maximum absolute atomic E-state index is 13.2. The van der Waals surface area contributed by atoms with E-state index >= 15 is 0 Å². The Balaban J connectivity index is 1.66. The Morgan fingerprint density at radius 1 is 1.07 bits per heavy atom. The molecule has 0 N–H and O–H groups in total. The van der Waals surface area contributed by atoms with Crippen LogP contribution in [0.25, 0.3) is 0 Å². The summed E-state index contributed by atoms with van der Waals surface area (Å²) in [6.45, 7) is 0.716. The quantitative estimate of drug-likeness (QED) is 0.506. The van der Waals surface area contributed by atoms with Crippen LogP contribution >= 0.6 is 0 Å². The molecule has 4 rings (SSSR count). The predicted octanol–water partition coefficient (Wildman–Crippen LogP) is 3.40. The number of nitrogens with zero attached hydrogens (tertiary/aromatic N) is 3. The number of nitro benzene ring substituents is 1. The van der Waals surface area contributed by atoms with E-state index in [0.29, 0.717) is 12.1 Å². The molecular weight excluding hydrogens is 370 g/mol. The zero-order chi connectivity index (χ0) is 20.4. The number of fused-ring (bicyclic) bond motifs is 1. The van der Waals surface area contributed by atoms with Crippen LogP contribution in [0, 0.1) is 10.1 Å². The molecule has 0 saturated carbocycles. The molecule has 0 unspecified atom stereocenters. The zero-order valence-corrected chi connectivity index (χ0v) is 15.7. The molecule has 0 fully saturated rings. The topological polar surface area (TPSA) is 85.5 Å². The summed E-state index contributed by atoms with van der Waals surface area (Å²) in [5, 5.41) is 11.0. The van der Waals surface area contributed by atoms with Gasteiger partial charge < -0.3 is 9.47 Å². The van der Waals surface area contributed by atoms with Gasteiger partial charge in [-0.3, -0.25) is 19.7 Å². The maximum Gasteiger partial charge on any atom is 0.269 e. The van der Waals surface area contributed by atoms with E-state index in [1.54, 1.807) is 29.3 Å². The van der Waals surface area contributed by atoms with Gasteiger partial charge in [0, 0.05) is 30.6 Å². The number of aromatic nitrogens is 1. The minimum Gasteiger partial charge on any atom is -0.310 e. The third-order valence-electron chi connectivity index (χ3n) is 5.08. The smallest absolute Gasteiger partial charge is 0.269 e. The molecule has 2 aromatic carbocycles. The van der Waals surface area contributed by atoms with Crippen molar-refractivity contribution in [2.24, 2.45) is 0 Å². The molecular formula is C22H19N3O4. The lowest BCUT2D eigenvalue weighted by atomic mass is 10.0. The number of amides is 1. The van der Waals surface area contributed by atoms with E-state index in [9.17, 15) is 19.7 Å². The summed E-state index contributed by atoms with van der Waals surface area (Å²) in [4.78, 5) is 38.3. The van der Waals surface area contributed by atoms with Gasteiger partial charge in [-0.15, -0.1) is 0 Å². The van der Waals surface area contributed by atoms with E-state index in [0.717, 1.165) is 24.1 Å². The predicted molar refractivity (Wildman–Crippen MR) is 109 cm³/mol. The van der Waals surface area contributed by atoms with E-state index < -0.39 is 10.5 Å². The molecule has 0 spiro atoms. The maximum atomic E-state index is 13.2. The van der Waals surface area contributed by atoms with Gasteiger partial charge in [0.1, 0.15) is 5.56 Å². The number of carbonyl (C=O) groups excluding carboxylic acids is 1. The average Bonchev–Trinajstić information content (AvgIpc) is 2.74. The van der Waals surface area contributed by atoms with Crippen LogP contribution in [0.4, 0.5) is 11.4 Å². The standard InChI is InChI=1S/C22H19N3O4/c26-21-19(22(27)24-13-4-8-17-7-1-2-11-20(17)24)10-5-12-23(21)15-16-6-3-9-18(14-16)25(28)29/h1-3,5-7,9-12,14H,4,8,13,15H2. The number of aryl methyl sites for hydroxylation is 1. The lowest BCUT2D eigenvalue weighted by molar-refractivity contribution is -0.384. The summed E-state index contributed by atoms with van der Waals surface area (Å²) in [7, 11) is 0. The Morgan fingerprint density at radius 3 is 2.72 bits per heavy atom. The highest BCUT2D eigenvalue weighted by Gasteiger charge is 2.25. The summed E-state index contributed by atoms with van der Waals surface area (Å²) in [5.41, 5.74) is 2.21. The van der Waals surface area contributed by atoms with Crippen LogP contribution in [-0.4, -0.2) is 21.9 Å². The summed E-state index contributed by atoms with van der Waals surface area (Å²) < 4.78 is 1.40. The van der Waals surface area contributed by atoms with Gasteiger partial charge in [0.25, 0.3) is 17.2 Å². The molecule has 1 aliphatic heterocycles. The monoisotopic (exact) mass is 389 g/mol. The second-order valence-electron chi connectivity index (χ2n) is 6.97. The lowest BCUT2D eigenvalue weighted by Gasteiger charge is -2.29. The Kier molecular flexibility index (Phi) is 4.95. The van der Waals surface area contributed by atoms with Crippen LogP contribution in [0.2, 0.25) is 0 Å². The van der Waals surface area contributed by atoms with Crippen molar-refractivity contribution in [1.82, 2.24) is 4.57 Å². The number of anilines is 1. The molecule has 0 aliphatic carbocycles. The van der Waals surface area contributed by atoms with Crippen molar-refractivity contribution in [3.63, 3.8) is 0 Å². The fourth-order valence-electron chi connectivity index (χ4n) is 3.68. The minimum absolute atomic E-state index is 0.0345. The van der Waals surface area contributed by atoms with Crippen molar-refractivity contribution in [2.45, 2.75) is 19.4 Å². The second kappa shape index (κ2) is 7.71. The molecule has 1 aromatic heterocycles. The van der Waals surface area contributed by atoms with Crippen molar-refractivity contribution in [1.29, 1.82) is 0 Å². The van der Waals surface area contributed by atoms with Gasteiger partial charge in [-0.05, 0) is 42.2 Å². The molecule has 0 bridgehead atoms. The number of rotatable bonds is 4. The molecule has 2 heterocycles. The molecule has 29 heavy (non-hydrogen) atoms. The fourth-order valence-corrected chi connectivity index (χ4v) is 3.68. The van der Waals surface area contributed by atoms with E-state index in [4.69, 9.17) is 0 Å². The first-order valence-corrected chi connectivity index (χ1v) is 9.37. The van der Waals surface area contributed by atoms with Crippen molar-refractivity contribution >= 4 is 17.3 Å². The first kappa shape index (κ1) is 18.6. The molecule has 0 atom stereocenters. The highest BCUT2D eigenvalue weighted by atomic mass is 16.6. The van der Waals surface area contributed by atoms with Crippen molar-refractivity contribution in [3.8, 4) is 0 Å². The van der Waals surface area contributed by atoms with Crippen molar-refractivity contribution in [2.75, 3.05) is 11.4 Å². The van der Waals surface area contributed by atoms with Gasteiger partial charge in [0.05, 0.1) is 11.5 Å². The third kappa shape index (κ3) is 3.67. The lowest BCUT2D eigenvalue weighted by Crippen LogP contribution is -2.39. The zero-order valence-electron chi connectivity index (χ0n) is 15.7. The molecule has 0 saturated heterocycles. The van der Waals surface area contributed by atoms with Gasteiger partial charge in [0.2, 0.25) is 0 Å². The Hall–Kier alpha value is -3.74. The molecule has 7 heteroatoms. The normalized spacial score (nSPS) is 13.0.